The van der Waals surface area contributed by atoms with E-state index in [9.17, 15) is 9.59 Å². The number of anilines is 1. The lowest BCUT2D eigenvalue weighted by Crippen LogP contribution is -2.40. The topological polar surface area (TPSA) is 92.8 Å². The number of amides is 1. The van der Waals surface area contributed by atoms with Crippen molar-refractivity contribution < 1.29 is 38.0 Å². The van der Waals surface area contributed by atoms with Crippen LogP contribution < -0.4 is 23.8 Å². The number of carbonyl (C=O) groups excluding carboxylic acids is 2. The van der Waals surface area contributed by atoms with Crippen molar-refractivity contribution in [1.29, 1.82) is 0 Å². The Balaban J connectivity index is 1.90. The van der Waals surface area contributed by atoms with Crippen LogP contribution in [0.1, 0.15) is 43.1 Å². The second-order valence-corrected chi connectivity index (χ2v) is 9.57. The molecule has 41 heavy (non-hydrogen) atoms. The summed E-state index contributed by atoms with van der Waals surface area (Å²) in [6, 6.07) is 16.1. The van der Waals surface area contributed by atoms with E-state index < -0.39 is 24.1 Å². The summed E-state index contributed by atoms with van der Waals surface area (Å²) in [5.41, 5.74) is 2.54. The number of nitrogens with zero attached hydrogens (tertiary/aromatic N) is 1. The number of benzene rings is 3. The van der Waals surface area contributed by atoms with E-state index in [1.54, 1.807) is 69.6 Å². The van der Waals surface area contributed by atoms with Crippen molar-refractivity contribution in [3.8, 4) is 23.0 Å². The third-order valence-corrected chi connectivity index (χ3v) is 6.92. The standard InChI is InChI=1S/C31H34ClNO8/c1-6-39-25-10-8-9-22(30(25)38-5)29-23-15-20(32)12-14-24(23)33(31(35)27(41-29)17-28(34)40-7-2)18-19-11-13-21(36-3)16-26(19)37-4/h8-16,27,29H,6-7,17-18H2,1-5H3/t27-,29-/m1/s1. The molecule has 0 bridgehead atoms. The molecule has 0 fully saturated rings. The number of hydrogen-bond donors (Lipinski definition) is 0. The lowest BCUT2D eigenvalue weighted by molar-refractivity contribution is -0.151. The van der Waals surface area contributed by atoms with E-state index in [0.29, 0.717) is 51.4 Å². The van der Waals surface area contributed by atoms with Crippen molar-refractivity contribution in [2.45, 2.75) is 39.0 Å². The van der Waals surface area contributed by atoms with Crippen molar-refractivity contribution in [1.82, 2.24) is 0 Å². The maximum absolute atomic E-state index is 14.2. The second kappa shape index (κ2) is 13.6. The maximum atomic E-state index is 14.2. The first kappa shape index (κ1) is 30.0. The van der Waals surface area contributed by atoms with Crippen LogP contribution in [-0.2, 0) is 25.6 Å². The smallest absolute Gasteiger partial charge is 0.308 e. The van der Waals surface area contributed by atoms with Crippen molar-refractivity contribution >= 4 is 29.2 Å². The third kappa shape index (κ3) is 6.52. The first-order valence-corrected chi connectivity index (χ1v) is 13.6. The third-order valence-electron chi connectivity index (χ3n) is 6.68. The molecule has 1 aliphatic rings. The number of para-hydroxylation sites is 1. The molecule has 1 amide bonds. The quantitative estimate of drug-likeness (QED) is 0.264. The van der Waals surface area contributed by atoms with E-state index in [-0.39, 0.29) is 19.6 Å². The molecule has 0 unspecified atom stereocenters. The first-order chi connectivity index (χ1) is 19.8. The van der Waals surface area contributed by atoms with Crippen molar-refractivity contribution in [3.63, 3.8) is 0 Å². The van der Waals surface area contributed by atoms with Gasteiger partial charge in [0.15, 0.2) is 11.5 Å². The number of carbonyl (C=O) groups is 2. The molecule has 0 saturated carbocycles. The van der Waals surface area contributed by atoms with E-state index >= 15 is 0 Å². The molecule has 3 aromatic carbocycles. The Morgan fingerprint density at radius 3 is 2.41 bits per heavy atom. The molecule has 9 nitrogen and oxygen atoms in total. The van der Waals surface area contributed by atoms with E-state index in [1.807, 2.05) is 25.1 Å². The Morgan fingerprint density at radius 2 is 1.73 bits per heavy atom. The molecule has 1 aliphatic heterocycles. The van der Waals surface area contributed by atoms with Crippen LogP contribution in [0.25, 0.3) is 0 Å². The Bertz CT molecular complexity index is 1390. The number of esters is 1. The van der Waals surface area contributed by atoms with Gasteiger partial charge in [0.05, 0.1) is 53.2 Å². The molecular weight excluding hydrogens is 550 g/mol. The molecule has 0 spiro atoms. The van der Waals surface area contributed by atoms with E-state index in [0.717, 1.165) is 5.56 Å². The number of fused-ring (bicyclic) bond motifs is 1. The summed E-state index contributed by atoms with van der Waals surface area (Å²) in [6.07, 6.45) is -2.28. The average Bonchev–Trinajstić information content (AvgIpc) is 3.07. The highest BCUT2D eigenvalue weighted by molar-refractivity contribution is 6.30. The molecule has 10 heteroatoms. The van der Waals surface area contributed by atoms with Gasteiger partial charge in [0, 0.05) is 27.8 Å². The van der Waals surface area contributed by atoms with Crippen molar-refractivity contribution in [2.24, 2.45) is 0 Å². The fourth-order valence-electron chi connectivity index (χ4n) is 4.86. The Kier molecular flexibility index (Phi) is 9.96. The molecule has 0 radical (unpaired) electrons. The van der Waals surface area contributed by atoms with E-state index in [4.69, 9.17) is 40.0 Å². The summed E-state index contributed by atoms with van der Waals surface area (Å²) in [7, 11) is 4.66. The Morgan fingerprint density at radius 1 is 0.927 bits per heavy atom. The van der Waals surface area contributed by atoms with Crippen LogP contribution in [-0.4, -0.2) is 52.5 Å². The molecule has 1 heterocycles. The van der Waals surface area contributed by atoms with Crippen molar-refractivity contribution in [2.75, 3.05) is 39.4 Å². The SMILES string of the molecule is CCOC(=O)C[C@H]1O[C@H](c2cccc(OCC)c2OC)c2cc(Cl)ccc2N(Cc2ccc(OC)cc2OC)C1=O. The fraction of sp³-hybridized carbons (Fsp3) is 0.355. The minimum atomic E-state index is -1.17. The number of rotatable bonds is 11. The largest absolute Gasteiger partial charge is 0.497 e. The first-order valence-electron chi connectivity index (χ1n) is 13.3. The predicted octanol–water partition coefficient (Wildman–Crippen LogP) is 5.74. The van der Waals surface area contributed by atoms with Gasteiger partial charge in [-0.25, -0.2) is 0 Å². The highest BCUT2D eigenvalue weighted by atomic mass is 35.5. The number of methoxy groups -OCH3 is 3. The number of ether oxygens (including phenoxy) is 6. The van der Waals surface area contributed by atoms with Gasteiger partial charge in [0.1, 0.15) is 23.7 Å². The highest BCUT2D eigenvalue weighted by Crippen LogP contribution is 2.46. The van der Waals surface area contributed by atoms with Crippen LogP contribution in [0.3, 0.4) is 0 Å². The van der Waals surface area contributed by atoms with Gasteiger partial charge in [-0.3, -0.25) is 9.59 Å². The zero-order valence-corrected chi connectivity index (χ0v) is 24.5. The zero-order chi connectivity index (χ0) is 29.5. The lowest BCUT2D eigenvalue weighted by atomic mass is 9.97. The average molecular weight is 584 g/mol. The highest BCUT2D eigenvalue weighted by Gasteiger charge is 2.39. The van der Waals surface area contributed by atoms with Crippen LogP contribution in [0.5, 0.6) is 23.0 Å². The minimum Gasteiger partial charge on any atom is -0.497 e. The summed E-state index contributed by atoms with van der Waals surface area (Å²) >= 11 is 6.50. The molecule has 4 rings (SSSR count). The lowest BCUT2D eigenvalue weighted by Gasteiger charge is -2.26. The normalized spacial score (nSPS) is 16.4. The van der Waals surface area contributed by atoms with Gasteiger partial charge in [0.2, 0.25) is 0 Å². The van der Waals surface area contributed by atoms with Gasteiger partial charge < -0.3 is 33.3 Å². The van der Waals surface area contributed by atoms with Crippen LogP contribution >= 0.6 is 11.6 Å². The molecule has 0 N–H and O–H groups in total. The summed E-state index contributed by atoms with van der Waals surface area (Å²) in [4.78, 5) is 28.4. The maximum Gasteiger partial charge on any atom is 0.308 e. The summed E-state index contributed by atoms with van der Waals surface area (Å²) in [5, 5.41) is 0.454. The number of halogens is 1. The van der Waals surface area contributed by atoms with Gasteiger partial charge in [-0.1, -0.05) is 23.7 Å². The van der Waals surface area contributed by atoms with Crippen LogP contribution in [0.2, 0.25) is 5.02 Å². The molecule has 218 valence electrons. The van der Waals surface area contributed by atoms with Gasteiger partial charge in [-0.15, -0.1) is 0 Å². The molecular formula is C31H34ClNO8. The zero-order valence-electron chi connectivity index (χ0n) is 23.8. The minimum absolute atomic E-state index is 0.131. The Hall–Kier alpha value is -3.95. The Labute approximate surface area is 244 Å². The predicted molar refractivity (Wildman–Crippen MR) is 154 cm³/mol. The monoisotopic (exact) mass is 583 g/mol. The summed E-state index contributed by atoms with van der Waals surface area (Å²) < 4.78 is 34.2. The van der Waals surface area contributed by atoms with Gasteiger partial charge in [0.25, 0.3) is 5.91 Å². The summed E-state index contributed by atoms with van der Waals surface area (Å²) in [5.74, 6) is 1.18. The van der Waals surface area contributed by atoms with Gasteiger partial charge in [-0.2, -0.15) is 0 Å². The van der Waals surface area contributed by atoms with Crippen LogP contribution in [0.4, 0.5) is 5.69 Å². The molecule has 0 saturated heterocycles. The van der Waals surface area contributed by atoms with Gasteiger partial charge in [-0.05, 0) is 50.2 Å². The molecule has 0 aliphatic carbocycles. The number of hydrogen-bond acceptors (Lipinski definition) is 8. The fourth-order valence-corrected chi connectivity index (χ4v) is 5.04. The van der Waals surface area contributed by atoms with Crippen LogP contribution in [0.15, 0.2) is 54.6 Å². The van der Waals surface area contributed by atoms with Gasteiger partial charge >= 0.3 is 5.97 Å². The van der Waals surface area contributed by atoms with E-state index in [1.165, 1.54) is 0 Å². The molecule has 0 aromatic heterocycles. The molecule has 2 atom stereocenters. The summed E-state index contributed by atoms with van der Waals surface area (Å²) in [6.45, 7) is 4.32. The van der Waals surface area contributed by atoms with Crippen molar-refractivity contribution in [3.05, 3.63) is 76.3 Å². The van der Waals surface area contributed by atoms with E-state index in [2.05, 4.69) is 0 Å². The molecule has 3 aromatic rings. The second-order valence-electron chi connectivity index (χ2n) is 9.13. The van der Waals surface area contributed by atoms with Crippen LogP contribution in [0, 0.1) is 0 Å².